The van der Waals surface area contributed by atoms with Gasteiger partial charge in [-0.05, 0) is 18.3 Å². The summed E-state index contributed by atoms with van der Waals surface area (Å²) < 4.78 is 34.5. The minimum Gasteiger partial charge on any atom is -0.378 e. The molecule has 2 saturated heterocycles. The van der Waals surface area contributed by atoms with Gasteiger partial charge >= 0.3 is 0 Å². The lowest BCUT2D eigenvalue weighted by Crippen LogP contribution is -2.53. The van der Waals surface area contributed by atoms with E-state index in [1.165, 1.54) is 0 Å². The first kappa shape index (κ1) is 15.2. The summed E-state index contributed by atoms with van der Waals surface area (Å²) in [6, 6.07) is -0.178. The maximum atomic E-state index is 12.4. The predicted octanol–water partition coefficient (Wildman–Crippen LogP) is -0.214. The zero-order chi connectivity index (χ0) is 14.0. The van der Waals surface area contributed by atoms with Crippen LogP contribution in [0, 0.1) is 11.8 Å². The standard InChI is InChI=1S/C12H25N3O3S/c1-9-4-10(2)8-15(7-9)19(16,17)14-11-5-13-6-12(11)18-3/h9-14H,4-8H2,1-3H3/t9?,10?,11?,12-/m0/s1. The fourth-order valence-electron chi connectivity index (χ4n) is 3.09. The van der Waals surface area contributed by atoms with Crippen molar-refractivity contribution in [3.63, 3.8) is 0 Å². The molecule has 2 aliphatic heterocycles. The van der Waals surface area contributed by atoms with E-state index in [0.29, 0.717) is 38.0 Å². The molecule has 2 N–H and O–H groups in total. The molecule has 0 aromatic heterocycles. The number of ether oxygens (including phenoxy) is 1. The van der Waals surface area contributed by atoms with Crippen molar-refractivity contribution >= 4 is 10.2 Å². The predicted molar refractivity (Wildman–Crippen MR) is 74.0 cm³/mol. The van der Waals surface area contributed by atoms with Crippen molar-refractivity contribution in [1.82, 2.24) is 14.3 Å². The van der Waals surface area contributed by atoms with Crippen molar-refractivity contribution < 1.29 is 13.2 Å². The Morgan fingerprint density at radius 2 is 1.84 bits per heavy atom. The highest BCUT2D eigenvalue weighted by atomic mass is 32.2. The van der Waals surface area contributed by atoms with E-state index in [-0.39, 0.29) is 12.1 Å². The quantitative estimate of drug-likeness (QED) is 0.752. The number of rotatable bonds is 4. The van der Waals surface area contributed by atoms with Crippen LogP contribution < -0.4 is 10.0 Å². The normalized spacial score (nSPS) is 37.6. The van der Waals surface area contributed by atoms with Gasteiger partial charge in [0.15, 0.2) is 0 Å². The summed E-state index contributed by atoms with van der Waals surface area (Å²) in [5.41, 5.74) is 0. The summed E-state index contributed by atoms with van der Waals surface area (Å²) in [6.07, 6.45) is 1.01. The lowest BCUT2D eigenvalue weighted by molar-refractivity contribution is 0.102. The molecule has 0 radical (unpaired) electrons. The van der Waals surface area contributed by atoms with Crippen LogP contribution in [0.2, 0.25) is 0 Å². The van der Waals surface area contributed by atoms with Crippen LogP contribution in [0.4, 0.5) is 0 Å². The Hall–Kier alpha value is -0.210. The Morgan fingerprint density at radius 1 is 1.21 bits per heavy atom. The number of nitrogens with zero attached hydrogens (tertiary/aromatic N) is 1. The minimum absolute atomic E-state index is 0.0885. The number of hydrogen-bond donors (Lipinski definition) is 2. The molecular weight excluding hydrogens is 266 g/mol. The number of nitrogens with one attached hydrogen (secondary N) is 2. The average molecular weight is 291 g/mol. The third kappa shape index (κ3) is 3.66. The summed E-state index contributed by atoms with van der Waals surface area (Å²) in [5.74, 6) is 0.834. The minimum atomic E-state index is -3.41. The summed E-state index contributed by atoms with van der Waals surface area (Å²) in [7, 11) is -1.80. The molecule has 6 nitrogen and oxygen atoms in total. The largest absolute Gasteiger partial charge is 0.378 e. The summed E-state index contributed by atoms with van der Waals surface area (Å²) >= 11 is 0. The van der Waals surface area contributed by atoms with Crippen molar-refractivity contribution in [2.75, 3.05) is 33.3 Å². The van der Waals surface area contributed by atoms with Gasteiger partial charge in [0, 0.05) is 33.3 Å². The van der Waals surface area contributed by atoms with E-state index in [2.05, 4.69) is 23.9 Å². The first-order valence-electron chi connectivity index (χ1n) is 6.93. The SMILES string of the molecule is CO[C@H]1CNCC1NS(=O)(=O)N1CC(C)CC(C)C1. The van der Waals surface area contributed by atoms with Gasteiger partial charge in [-0.15, -0.1) is 0 Å². The Kier molecular flexibility index (Phi) is 4.84. The van der Waals surface area contributed by atoms with Crippen molar-refractivity contribution in [3.05, 3.63) is 0 Å². The molecule has 0 aromatic rings. The van der Waals surface area contributed by atoms with Gasteiger partial charge < -0.3 is 10.1 Å². The van der Waals surface area contributed by atoms with E-state index in [0.717, 1.165) is 6.42 Å². The monoisotopic (exact) mass is 291 g/mol. The molecule has 0 saturated carbocycles. The van der Waals surface area contributed by atoms with Gasteiger partial charge in [-0.25, -0.2) is 0 Å². The summed E-state index contributed by atoms with van der Waals surface area (Å²) in [5, 5.41) is 3.15. The van der Waals surface area contributed by atoms with E-state index in [1.807, 2.05) is 0 Å². The average Bonchev–Trinajstić information content (AvgIpc) is 2.74. The van der Waals surface area contributed by atoms with E-state index in [1.54, 1.807) is 11.4 Å². The molecule has 0 amide bonds. The molecule has 7 heteroatoms. The van der Waals surface area contributed by atoms with Gasteiger partial charge in [-0.2, -0.15) is 17.4 Å². The lowest BCUT2D eigenvalue weighted by atomic mass is 9.94. The molecule has 2 fully saturated rings. The Labute approximate surface area is 116 Å². The van der Waals surface area contributed by atoms with E-state index in [4.69, 9.17) is 4.74 Å². The van der Waals surface area contributed by atoms with Crippen LogP contribution in [0.1, 0.15) is 20.3 Å². The molecular formula is C12H25N3O3S. The van der Waals surface area contributed by atoms with Crippen LogP contribution >= 0.6 is 0 Å². The second-order valence-corrected chi connectivity index (χ2v) is 7.63. The Morgan fingerprint density at radius 3 is 2.42 bits per heavy atom. The maximum Gasteiger partial charge on any atom is 0.279 e. The molecule has 19 heavy (non-hydrogen) atoms. The Bertz CT molecular complexity index is 391. The zero-order valence-electron chi connectivity index (χ0n) is 11.9. The van der Waals surface area contributed by atoms with Gasteiger partial charge in [0.05, 0.1) is 12.1 Å². The molecule has 0 bridgehead atoms. The van der Waals surface area contributed by atoms with E-state index >= 15 is 0 Å². The molecule has 2 heterocycles. The van der Waals surface area contributed by atoms with Crippen LogP contribution in [-0.2, 0) is 14.9 Å². The van der Waals surface area contributed by atoms with Crippen molar-refractivity contribution in [2.24, 2.45) is 11.8 Å². The molecule has 0 aromatic carbocycles. The molecule has 4 atom stereocenters. The second kappa shape index (κ2) is 6.05. The third-order valence-corrected chi connectivity index (χ3v) is 5.52. The molecule has 3 unspecified atom stereocenters. The Balaban J connectivity index is 2.01. The molecule has 0 aliphatic carbocycles. The highest BCUT2D eigenvalue weighted by molar-refractivity contribution is 7.87. The van der Waals surface area contributed by atoms with Crippen LogP contribution in [-0.4, -0.2) is 58.2 Å². The topological polar surface area (TPSA) is 70.7 Å². The van der Waals surface area contributed by atoms with E-state index < -0.39 is 10.2 Å². The van der Waals surface area contributed by atoms with Gasteiger partial charge in [0.25, 0.3) is 10.2 Å². The summed E-state index contributed by atoms with van der Waals surface area (Å²) in [6.45, 7) is 6.74. The third-order valence-electron chi connectivity index (χ3n) is 3.94. The van der Waals surface area contributed by atoms with Gasteiger partial charge in [0.2, 0.25) is 0 Å². The summed E-state index contributed by atoms with van der Waals surface area (Å²) in [4.78, 5) is 0. The van der Waals surface area contributed by atoms with Crippen LogP contribution in [0.5, 0.6) is 0 Å². The first-order chi connectivity index (χ1) is 8.92. The molecule has 112 valence electrons. The van der Waals surface area contributed by atoms with Gasteiger partial charge in [-0.3, -0.25) is 0 Å². The fraction of sp³-hybridized carbons (Fsp3) is 1.00. The lowest BCUT2D eigenvalue weighted by Gasteiger charge is -2.35. The van der Waals surface area contributed by atoms with Crippen LogP contribution in [0.3, 0.4) is 0 Å². The zero-order valence-corrected chi connectivity index (χ0v) is 12.7. The van der Waals surface area contributed by atoms with Crippen molar-refractivity contribution in [3.8, 4) is 0 Å². The van der Waals surface area contributed by atoms with Gasteiger partial charge in [-0.1, -0.05) is 13.8 Å². The molecule has 2 rings (SSSR count). The molecule has 2 aliphatic rings. The molecule has 0 spiro atoms. The number of methoxy groups -OCH3 is 1. The maximum absolute atomic E-state index is 12.4. The van der Waals surface area contributed by atoms with E-state index in [9.17, 15) is 8.42 Å². The smallest absolute Gasteiger partial charge is 0.279 e. The van der Waals surface area contributed by atoms with Crippen LogP contribution in [0.15, 0.2) is 0 Å². The van der Waals surface area contributed by atoms with Crippen molar-refractivity contribution in [2.45, 2.75) is 32.4 Å². The van der Waals surface area contributed by atoms with Crippen molar-refractivity contribution in [1.29, 1.82) is 0 Å². The van der Waals surface area contributed by atoms with Crippen LogP contribution in [0.25, 0.3) is 0 Å². The fourth-order valence-corrected chi connectivity index (χ4v) is 4.76. The number of hydrogen-bond acceptors (Lipinski definition) is 4. The highest BCUT2D eigenvalue weighted by Crippen LogP contribution is 2.23. The first-order valence-corrected chi connectivity index (χ1v) is 8.37. The number of piperidine rings is 1. The van der Waals surface area contributed by atoms with Gasteiger partial charge in [0.1, 0.15) is 0 Å². The second-order valence-electron chi connectivity index (χ2n) is 5.92. The highest BCUT2D eigenvalue weighted by Gasteiger charge is 2.35.